The van der Waals surface area contributed by atoms with Gasteiger partial charge in [0.05, 0.1) is 18.1 Å². The number of amides is 1. The number of hydrogen-bond acceptors (Lipinski definition) is 5. The summed E-state index contributed by atoms with van der Waals surface area (Å²) in [4.78, 5) is 20.9. The maximum atomic E-state index is 13.1. The van der Waals surface area contributed by atoms with E-state index in [1.54, 1.807) is 30.5 Å². The van der Waals surface area contributed by atoms with Crippen LogP contribution < -0.4 is 15.1 Å². The van der Waals surface area contributed by atoms with Crippen molar-refractivity contribution >= 4 is 23.1 Å². The zero-order valence-corrected chi connectivity index (χ0v) is 14.6. The third-order valence-electron chi connectivity index (χ3n) is 4.55. The molecule has 0 saturated carbocycles. The van der Waals surface area contributed by atoms with E-state index in [1.807, 2.05) is 12.1 Å². The lowest BCUT2D eigenvalue weighted by Crippen LogP contribution is -2.46. The molecule has 3 aromatic rings. The monoisotopic (exact) mass is 366 g/mol. The number of piperazine rings is 1. The first-order valence-electron chi connectivity index (χ1n) is 8.75. The molecule has 4 rings (SSSR count). The summed E-state index contributed by atoms with van der Waals surface area (Å²) in [6.45, 7) is 3.32. The van der Waals surface area contributed by atoms with Crippen LogP contribution in [0.3, 0.4) is 0 Å². The molecule has 3 heterocycles. The van der Waals surface area contributed by atoms with Crippen LogP contribution in [0.15, 0.2) is 65.4 Å². The van der Waals surface area contributed by atoms with E-state index in [4.69, 9.17) is 4.42 Å². The van der Waals surface area contributed by atoms with Gasteiger partial charge in [0, 0.05) is 31.9 Å². The number of hydrogen-bond donors (Lipinski definition) is 1. The molecular weight excluding hydrogens is 347 g/mol. The van der Waals surface area contributed by atoms with Crippen LogP contribution in [0.2, 0.25) is 0 Å². The van der Waals surface area contributed by atoms with Crippen LogP contribution in [0.1, 0.15) is 10.6 Å². The second-order valence-electron chi connectivity index (χ2n) is 6.29. The Morgan fingerprint density at radius 3 is 2.37 bits per heavy atom. The van der Waals surface area contributed by atoms with Crippen molar-refractivity contribution in [2.24, 2.45) is 0 Å². The van der Waals surface area contributed by atoms with Crippen LogP contribution in [-0.2, 0) is 0 Å². The molecule has 0 atom stereocenters. The summed E-state index contributed by atoms with van der Waals surface area (Å²) in [5.41, 5.74) is 1.64. The number of anilines is 3. The van der Waals surface area contributed by atoms with Gasteiger partial charge in [-0.25, -0.2) is 9.37 Å². The third-order valence-corrected chi connectivity index (χ3v) is 4.55. The molecule has 138 valence electrons. The van der Waals surface area contributed by atoms with Gasteiger partial charge < -0.3 is 19.5 Å². The summed E-state index contributed by atoms with van der Waals surface area (Å²) in [5.74, 6) is 0.601. The van der Waals surface area contributed by atoms with E-state index < -0.39 is 0 Å². The molecule has 1 aromatic carbocycles. The van der Waals surface area contributed by atoms with Gasteiger partial charge in [0.1, 0.15) is 11.6 Å². The topological polar surface area (TPSA) is 61.6 Å². The molecule has 0 bridgehead atoms. The van der Waals surface area contributed by atoms with Crippen molar-refractivity contribution in [2.45, 2.75) is 0 Å². The van der Waals surface area contributed by atoms with Crippen LogP contribution in [0.25, 0.3) is 0 Å². The van der Waals surface area contributed by atoms with Crippen LogP contribution >= 0.6 is 0 Å². The Hall–Kier alpha value is -3.35. The van der Waals surface area contributed by atoms with Crippen molar-refractivity contribution in [1.29, 1.82) is 0 Å². The van der Waals surface area contributed by atoms with E-state index >= 15 is 0 Å². The van der Waals surface area contributed by atoms with E-state index in [0.717, 1.165) is 37.7 Å². The molecule has 1 aliphatic rings. The minimum absolute atomic E-state index is 0.221. The Bertz CT molecular complexity index is 887. The molecule has 27 heavy (non-hydrogen) atoms. The van der Waals surface area contributed by atoms with Crippen molar-refractivity contribution in [3.05, 3.63) is 72.6 Å². The van der Waals surface area contributed by atoms with Gasteiger partial charge in [-0.1, -0.05) is 0 Å². The molecule has 6 nitrogen and oxygen atoms in total. The van der Waals surface area contributed by atoms with Crippen molar-refractivity contribution in [1.82, 2.24) is 4.98 Å². The predicted molar refractivity (Wildman–Crippen MR) is 102 cm³/mol. The summed E-state index contributed by atoms with van der Waals surface area (Å²) in [6.07, 6.45) is 3.10. The minimum atomic E-state index is -0.303. The smallest absolute Gasteiger partial charge is 0.291 e. The summed E-state index contributed by atoms with van der Waals surface area (Å²) >= 11 is 0. The van der Waals surface area contributed by atoms with Crippen molar-refractivity contribution in [3.8, 4) is 0 Å². The zero-order chi connectivity index (χ0) is 18.6. The molecule has 0 spiro atoms. The van der Waals surface area contributed by atoms with Gasteiger partial charge in [0.25, 0.3) is 5.91 Å². The van der Waals surface area contributed by atoms with Crippen LogP contribution in [0, 0.1) is 5.82 Å². The van der Waals surface area contributed by atoms with Crippen LogP contribution in [-0.4, -0.2) is 37.1 Å². The summed E-state index contributed by atoms with van der Waals surface area (Å²) in [5, 5.41) is 2.75. The fraction of sp³-hybridized carbons (Fsp3) is 0.200. The third kappa shape index (κ3) is 3.92. The minimum Gasteiger partial charge on any atom is -0.459 e. The number of aromatic nitrogens is 1. The van der Waals surface area contributed by atoms with Crippen molar-refractivity contribution in [2.75, 3.05) is 41.3 Å². The first-order valence-corrected chi connectivity index (χ1v) is 8.75. The van der Waals surface area contributed by atoms with Crippen LogP contribution in [0.4, 0.5) is 21.6 Å². The lowest BCUT2D eigenvalue weighted by molar-refractivity contribution is 0.0996. The van der Waals surface area contributed by atoms with Gasteiger partial charge in [-0.3, -0.25) is 4.79 Å². The molecule has 2 aromatic heterocycles. The summed E-state index contributed by atoms with van der Waals surface area (Å²) in [7, 11) is 0. The van der Waals surface area contributed by atoms with Gasteiger partial charge in [-0.2, -0.15) is 0 Å². The number of carbonyl (C=O) groups is 1. The number of nitrogens with one attached hydrogen (secondary N) is 1. The van der Waals surface area contributed by atoms with E-state index in [-0.39, 0.29) is 17.5 Å². The normalized spacial score (nSPS) is 14.3. The van der Waals surface area contributed by atoms with E-state index in [9.17, 15) is 9.18 Å². The average Bonchev–Trinajstić information content (AvgIpc) is 3.24. The molecule has 1 aliphatic heterocycles. The molecule has 7 heteroatoms. The number of pyridine rings is 1. The molecule has 0 unspecified atom stereocenters. The largest absolute Gasteiger partial charge is 0.459 e. The SMILES string of the molecule is O=C(Nc1ccc(N2CCN(c3ccc(F)cc3)CC2)nc1)c1ccco1. The molecule has 0 aliphatic carbocycles. The van der Waals surface area contributed by atoms with Gasteiger partial charge >= 0.3 is 0 Å². The maximum absolute atomic E-state index is 13.1. The van der Waals surface area contributed by atoms with Crippen LogP contribution in [0.5, 0.6) is 0 Å². The highest BCUT2D eigenvalue weighted by Gasteiger charge is 2.18. The summed E-state index contributed by atoms with van der Waals surface area (Å²) < 4.78 is 18.1. The highest BCUT2D eigenvalue weighted by Crippen LogP contribution is 2.20. The van der Waals surface area contributed by atoms with E-state index in [0.29, 0.717) is 5.69 Å². The van der Waals surface area contributed by atoms with E-state index in [1.165, 1.54) is 18.4 Å². The second kappa shape index (κ2) is 7.49. The van der Waals surface area contributed by atoms with Gasteiger partial charge in [0.15, 0.2) is 5.76 Å². The molecule has 0 radical (unpaired) electrons. The number of furan rings is 1. The Labute approximate surface area is 156 Å². The highest BCUT2D eigenvalue weighted by molar-refractivity contribution is 6.02. The standard InChI is InChI=1S/C20H19FN4O2/c21-15-3-6-17(7-4-15)24-9-11-25(12-10-24)19-8-5-16(14-22-19)23-20(26)18-2-1-13-27-18/h1-8,13-14H,9-12H2,(H,23,26). The Morgan fingerprint density at radius 2 is 1.74 bits per heavy atom. The van der Waals surface area contributed by atoms with Crippen molar-refractivity contribution < 1.29 is 13.6 Å². The summed E-state index contributed by atoms with van der Waals surface area (Å²) in [6, 6.07) is 13.6. The molecule has 1 fully saturated rings. The molecule has 1 saturated heterocycles. The highest BCUT2D eigenvalue weighted by atomic mass is 19.1. The van der Waals surface area contributed by atoms with Crippen molar-refractivity contribution in [3.63, 3.8) is 0 Å². The number of nitrogens with zero attached hydrogens (tertiary/aromatic N) is 3. The fourth-order valence-corrected chi connectivity index (χ4v) is 3.09. The average molecular weight is 366 g/mol. The van der Waals surface area contributed by atoms with Gasteiger partial charge in [0.2, 0.25) is 0 Å². The first-order chi connectivity index (χ1) is 13.2. The molecule has 1 N–H and O–H groups in total. The zero-order valence-electron chi connectivity index (χ0n) is 14.6. The number of carbonyl (C=O) groups excluding carboxylic acids is 1. The second-order valence-corrected chi connectivity index (χ2v) is 6.29. The Morgan fingerprint density at radius 1 is 1.00 bits per heavy atom. The van der Waals surface area contributed by atoms with Gasteiger partial charge in [-0.15, -0.1) is 0 Å². The molecule has 1 amide bonds. The predicted octanol–water partition coefficient (Wildman–Crippen LogP) is 3.39. The van der Waals surface area contributed by atoms with E-state index in [2.05, 4.69) is 20.1 Å². The lowest BCUT2D eigenvalue weighted by Gasteiger charge is -2.36. The number of halogens is 1. The lowest BCUT2D eigenvalue weighted by atomic mass is 10.2. The Balaban J connectivity index is 1.34. The number of rotatable bonds is 4. The fourth-order valence-electron chi connectivity index (χ4n) is 3.09. The Kier molecular flexibility index (Phi) is 4.74. The quantitative estimate of drug-likeness (QED) is 0.767. The van der Waals surface area contributed by atoms with Gasteiger partial charge in [-0.05, 0) is 48.5 Å². The first kappa shape index (κ1) is 17.1. The maximum Gasteiger partial charge on any atom is 0.291 e. The molecular formula is C20H19FN4O2. The number of benzene rings is 1.